The molecule has 0 bridgehead atoms. The molecule has 0 spiro atoms. The molecular weight excluding hydrogens is 719 g/mol. The maximum atomic E-state index is 7.46. The van der Waals surface area contributed by atoms with E-state index < -0.39 is 0 Å². The Balaban J connectivity index is 1.04. The summed E-state index contributed by atoms with van der Waals surface area (Å²) in [6.45, 7) is 7.46. The van der Waals surface area contributed by atoms with E-state index in [1.807, 2.05) is 36.4 Å². The second kappa shape index (κ2) is 13.0. The Kier molecular flexibility index (Phi) is 7.26. The van der Waals surface area contributed by atoms with Crippen LogP contribution >= 0.6 is 0 Å². The summed E-state index contributed by atoms with van der Waals surface area (Å²) in [5, 5.41) is 7.05. The Bertz CT molecular complexity index is 3670. The van der Waals surface area contributed by atoms with E-state index >= 15 is 0 Å². The zero-order valence-corrected chi connectivity index (χ0v) is 31.8. The fraction of sp³-hybridized carbons (Fsp3) is 0. The molecule has 274 valence electrons. The van der Waals surface area contributed by atoms with E-state index in [-0.39, 0.29) is 0 Å². The van der Waals surface area contributed by atoms with E-state index in [1.165, 1.54) is 27.1 Å². The first-order valence-corrected chi connectivity index (χ1v) is 19.9. The Hall–Kier alpha value is -8.13. The van der Waals surface area contributed by atoms with Gasteiger partial charge in [0.05, 0.1) is 28.6 Å². The van der Waals surface area contributed by atoms with Crippen LogP contribution in [-0.4, -0.2) is 9.13 Å². The van der Waals surface area contributed by atoms with Crippen molar-refractivity contribution in [2.75, 3.05) is 0 Å². The SMILES string of the molecule is [C-]#[N+]c1ccc(-n2c3ccccc3c3c(-c4cccc(-c5ccc6c(c5)c5cc(-c7cccc8c7oc7ccccc78)ccc5n6-c5ccccc5)c4)cccc32)cc1. The summed E-state index contributed by atoms with van der Waals surface area (Å²) in [6, 6.07) is 71.1. The van der Waals surface area contributed by atoms with E-state index in [2.05, 4.69) is 178 Å². The molecule has 3 aromatic heterocycles. The number of hydrogen-bond donors (Lipinski definition) is 0. The Morgan fingerprint density at radius 1 is 0.373 bits per heavy atom. The fourth-order valence-electron chi connectivity index (χ4n) is 9.28. The van der Waals surface area contributed by atoms with Crippen molar-refractivity contribution < 1.29 is 4.42 Å². The zero-order chi connectivity index (χ0) is 39.0. The van der Waals surface area contributed by atoms with Crippen molar-refractivity contribution in [2.45, 2.75) is 0 Å². The van der Waals surface area contributed by atoms with Gasteiger partial charge < -0.3 is 13.6 Å². The average Bonchev–Trinajstić information content (AvgIpc) is 3.97. The van der Waals surface area contributed by atoms with Gasteiger partial charge in [0.25, 0.3) is 0 Å². The monoisotopic (exact) mass is 751 g/mol. The van der Waals surface area contributed by atoms with Gasteiger partial charge in [-0.2, -0.15) is 0 Å². The highest BCUT2D eigenvalue weighted by Crippen LogP contribution is 2.42. The van der Waals surface area contributed by atoms with E-state index in [1.54, 1.807) is 0 Å². The predicted molar refractivity (Wildman–Crippen MR) is 245 cm³/mol. The third-order valence-corrected chi connectivity index (χ3v) is 11.9. The molecule has 0 aliphatic heterocycles. The first-order valence-electron chi connectivity index (χ1n) is 19.9. The number of hydrogen-bond acceptors (Lipinski definition) is 1. The van der Waals surface area contributed by atoms with Crippen LogP contribution in [0.5, 0.6) is 0 Å². The molecule has 0 saturated carbocycles. The minimum absolute atomic E-state index is 0.635. The van der Waals surface area contributed by atoms with Crippen LogP contribution in [0.15, 0.2) is 205 Å². The lowest BCUT2D eigenvalue weighted by molar-refractivity contribution is 0.670. The van der Waals surface area contributed by atoms with Crippen LogP contribution in [0.2, 0.25) is 0 Å². The van der Waals surface area contributed by atoms with Crippen molar-refractivity contribution in [1.82, 2.24) is 9.13 Å². The van der Waals surface area contributed by atoms with Gasteiger partial charge in [-0.3, -0.25) is 0 Å². The van der Waals surface area contributed by atoms with Crippen LogP contribution in [0.3, 0.4) is 0 Å². The third kappa shape index (κ3) is 5.09. The second-order valence-corrected chi connectivity index (χ2v) is 15.2. The molecule has 0 unspecified atom stereocenters. The lowest BCUT2D eigenvalue weighted by Crippen LogP contribution is -1.93. The molecule has 0 N–H and O–H groups in total. The average molecular weight is 752 g/mol. The number of fused-ring (bicyclic) bond motifs is 9. The number of furan rings is 1. The molecule has 59 heavy (non-hydrogen) atoms. The first kappa shape index (κ1) is 33.1. The molecule has 0 aliphatic rings. The van der Waals surface area contributed by atoms with Crippen molar-refractivity contribution in [3.63, 3.8) is 0 Å². The third-order valence-electron chi connectivity index (χ3n) is 11.9. The van der Waals surface area contributed by atoms with Gasteiger partial charge in [0.1, 0.15) is 11.2 Å². The summed E-state index contributed by atoms with van der Waals surface area (Å²) in [5.74, 6) is 0. The number of nitrogens with zero attached hydrogens (tertiary/aromatic N) is 3. The molecule has 0 atom stereocenters. The highest BCUT2D eigenvalue weighted by Gasteiger charge is 2.19. The van der Waals surface area contributed by atoms with Crippen molar-refractivity contribution in [1.29, 1.82) is 0 Å². The van der Waals surface area contributed by atoms with Gasteiger partial charge in [-0.05, 0) is 101 Å². The predicted octanol–water partition coefficient (Wildman–Crippen LogP) is 15.3. The maximum absolute atomic E-state index is 7.46. The summed E-state index contributed by atoms with van der Waals surface area (Å²) in [5.41, 5.74) is 16.1. The molecular formula is C55H33N3O. The van der Waals surface area contributed by atoms with E-state index in [0.717, 1.165) is 83.2 Å². The molecule has 0 saturated heterocycles. The molecule has 12 aromatic rings. The van der Waals surface area contributed by atoms with Crippen LogP contribution < -0.4 is 0 Å². The number of benzene rings is 9. The van der Waals surface area contributed by atoms with Gasteiger partial charge in [-0.1, -0.05) is 127 Å². The first-order chi connectivity index (χ1) is 29.2. The van der Waals surface area contributed by atoms with E-state index in [4.69, 9.17) is 11.0 Å². The Morgan fingerprint density at radius 2 is 0.932 bits per heavy atom. The molecule has 12 rings (SSSR count). The number of para-hydroxylation sites is 4. The largest absolute Gasteiger partial charge is 0.455 e. The number of aromatic nitrogens is 2. The van der Waals surface area contributed by atoms with E-state index in [0.29, 0.717) is 5.69 Å². The van der Waals surface area contributed by atoms with E-state index in [9.17, 15) is 0 Å². The van der Waals surface area contributed by atoms with Crippen LogP contribution in [-0.2, 0) is 0 Å². The van der Waals surface area contributed by atoms with Crippen LogP contribution in [0.4, 0.5) is 5.69 Å². The number of rotatable bonds is 5. The second-order valence-electron chi connectivity index (χ2n) is 15.2. The Morgan fingerprint density at radius 3 is 1.76 bits per heavy atom. The standard InChI is InChI=1S/C55H33N3O/c1-56-39-26-28-41(29-27-39)58-49-21-7-5-17-46(49)54-42(18-11-22-52(54)58)37-13-9-12-35(32-37)36-24-30-50-47(33-36)48-34-38(25-31-51(48)57(50)40-14-3-2-4-15-40)43-19-10-20-45-44-16-6-8-23-53(44)59-55(43)45/h2-34H. The molecule has 0 fully saturated rings. The zero-order valence-electron chi connectivity index (χ0n) is 31.8. The summed E-state index contributed by atoms with van der Waals surface area (Å²) in [7, 11) is 0. The lowest BCUT2D eigenvalue weighted by atomic mass is 9.95. The van der Waals surface area contributed by atoms with Gasteiger partial charge in [0.2, 0.25) is 0 Å². The Labute approximate surface area is 339 Å². The minimum Gasteiger partial charge on any atom is -0.455 e. The lowest BCUT2D eigenvalue weighted by Gasteiger charge is -2.11. The van der Waals surface area contributed by atoms with Crippen LogP contribution in [0.1, 0.15) is 0 Å². The fourth-order valence-corrected chi connectivity index (χ4v) is 9.28. The highest BCUT2D eigenvalue weighted by molar-refractivity contribution is 6.17. The van der Waals surface area contributed by atoms with Crippen LogP contribution in [0, 0.1) is 6.57 Å². The molecule has 0 radical (unpaired) electrons. The van der Waals surface area contributed by atoms with Gasteiger partial charge >= 0.3 is 0 Å². The summed E-state index contributed by atoms with van der Waals surface area (Å²) in [6.07, 6.45) is 0. The minimum atomic E-state index is 0.635. The normalized spacial score (nSPS) is 11.7. The maximum Gasteiger partial charge on any atom is 0.187 e. The summed E-state index contributed by atoms with van der Waals surface area (Å²) >= 11 is 0. The van der Waals surface area contributed by atoms with Crippen LogP contribution in [0.25, 0.3) is 115 Å². The molecule has 9 aromatic carbocycles. The molecule has 0 aliphatic carbocycles. The van der Waals surface area contributed by atoms with Gasteiger partial charge in [-0.25, -0.2) is 4.85 Å². The van der Waals surface area contributed by atoms with Crippen molar-refractivity contribution in [3.05, 3.63) is 212 Å². The summed E-state index contributed by atoms with van der Waals surface area (Å²) in [4.78, 5) is 3.62. The topological polar surface area (TPSA) is 27.4 Å². The quantitative estimate of drug-likeness (QED) is 0.161. The molecule has 0 amide bonds. The van der Waals surface area contributed by atoms with Crippen molar-refractivity contribution in [3.8, 4) is 44.8 Å². The molecule has 3 heterocycles. The van der Waals surface area contributed by atoms with Gasteiger partial charge in [0.15, 0.2) is 5.69 Å². The highest BCUT2D eigenvalue weighted by atomic mass is 16.3. The molecule has 4 nitrogen and oxygen atoms in total. The molecule has 4 heteroatoms. The summed E-state index contributed by atoms with van der Waals surface area (Å²) < 4.78 is 11.2. The van der Waals surface area contributed by atoms with Gasteiger partial charge in [0, 0.05) is 49.3 Å². The smallest absolute Gasteiger partial charge is 0.187 e. The van der Waals surface area contributed by atoms with Crippen molar-refractivity contribution in [2.24, 2.45) is 0 Å². The van der Waals surface area contributed by atoms with Gasteiger partial charge in [-0.15, -0.1) is 0 Å². The van der Waals surface area contributed by atoms with Crippen molar-refractivity contribution >= 4 is 71.2 Å².